The average Bonchev–Trinajstić information content (AvgIpc) is 3.09. The average molecular weight is 363 g/mol. The summed E-state index contributed by atoms with van der Waals surface area (Å²) in [5.41, 5.74) is 1.05. The van der Waals surface area contributed by atoms with Gasteiger partial charge in [-0.05, 0) is 19.8 Å². The summed E-state index contributed by atoms with van der Waals surface area (Å²) in [6, 6.07) is 0.000150. The van der Waals surface area contributed by atoms with Crippen molar-refractivity contribution >= 4 is 17.3 Å². The highest BCUT2D eigenvalue weighted by Gasteiger charge is 2.34. The molecule has 1 aliphatic rings. The van der Waals surface area contributed by atoms with Crippen molar-refractivity contribution < 1.29 is 13.2 Å². The summed E-state index contributed by atoms with van der Waals surface area (Å²) in [7, 11) is 1.67. The van der Waals surface area contributed by atoms with Crippen molar-refractivity contribution in [2.45, 2.75) is 38.4 Å². The summed E-state index contributed by atoms with van der Waals surface area (Å²) < 4.78 is 37.2. The smallest absolute Gasteiger partial charge is 0.356 e. The Hall–Kier alpha value is -1.35. The highest BCUT2D eigenvalue weighted by molar-refractivity contribution is 7.09. The van der Waals surface area contributed by atoms with E-state index in [0.717, 1.165) is 30.1 Å². The number of guanidine groups is 1. The maximum atomic E-state index is 12.4. The molecule has 0 aliphatic carbocycles. The summed E-state index contributed by atoms with van der Waals surface area (Å²) in [4.78, 5) is 9.98. The number of rotatable bonds is 6. The Kier molecular flexibility index (Phi) is 6.85. The highest BCUT2D eigenvalue weighted by Crippen LogP contribution is 2.19. The fourth-order valence-corrected chi connectivity index (χ4v) is 3.52. The van der Waals surface area contributed by atoms with Gasteiger partial charge in [0.1, 0.15) is 0 Å². The van der Waals surface area contributed by atoms with E-state index in [0.29, 0.717) is 25.5 Å². The van der Waals surface area contributed by atoms with Crippen LogP contribution in [0, 0.1) is 6.92 Å². The Morgan fingerprint density at radius 1 is 1.50 bits per heavy atom. The molecule has 0 amide bonds. The normalized spacial score (nSPS) is 19.7. The van der Waals surface area contributed by atoms with Crippen LogP contribution in [0.1, 0.15) is 23.5 Å². The zero-order chi connectivity index (χ0) is 17.6. The van der Waals surface area contributed by atoms with Crippen LogP contribution in [0.2, 0.25) is 0 Å². The molecule has 1 aromatic heterocycles. The summed E-state index contributed by atoms with van der Waals surface area (Å²) in [6.45, 7) is 2.73. The first-order valence-corrected chi connectivity index (χ1v) is 8.91. The summed E-state index contributed by atoms with van der Waals surface area (Å²) in [5.74, 6) is 0.643. The molecule has 1 atom stereocenters. The van der Waals surface area contributed by atoms with Crippen molar-refractivity contribution in [2.75, 3.05) is 33.2 Å². The van der Waals surface area contributed by atoms with Gasteiger partial charge in [-0.15, -0.1) is 11.3 Å². The molecule has 2 N–H and O–H groups in total. The summed E-state index contributed by atoms with van der Waals surface area (Å²) in [5, 5.41) is 9.57. The van der Waals surface area contributed by atoms with E-state index in [1.807, 2.05) is 12.3 Å². The molecule has 1 aliphatic heterocycles. The van der Waals surface area contributed by atoms with Crippen molar-refractivity contribution in [1.82, 2.24) is 20.5 Å². The van der Waals surface area contributed by atoms with Crippen LogP contribution < -0.4 is 10.6 Å². The monoisotopic (exact) mass is 363 g/mol. The maximum Gasteiger partial charge on any atom is 0.401 e. The number of thiazole rings is 1. The molecular formula is C15H24F3N5S. The van der Waals surface area contributed by atoms with Gasteiger partial charge in [-0.2, -0.15) is 13.2 Å². The number of alkyl halides is 3. The molecule has 24 heavy (non-hydrogen) atoms. The van der Waals surface area contributed by atoms with Gasteiger partial charge in [0.15, 0.2) is 5.96 Å². The predicted molar refractivity (Wildman–Crippen MR) is 90.6 cm³/mol. The minimum atomic E-state index is -4.14. The lowest BCUT2D eigenvalue weighted by Gasteiger charge is -2.19. The van der Waals surface area contributed by atoms with Gasteiger partial charge in [0.25, 0.3) is 0 Å². The molecule has 0 spiro atoms. The Labute approximate surface area is 144 Å². The molecule has 0 aromatic carbocycles. The van der Waals surface area contributed by atoms with E-state index < -0.39 is 12.7 Å². The zero-order valence-corrected chi connectivity index (χ0v) is 14.8. The molecule has 9 heteroatoms. The number of hydrogen-bond acceptors (Lipinski definition) is 4. The maximum absolute atomic E-state index is 12.4. The number of halogens is 3. The zero-order valence-electron chi connectivity index (χ0n) is 14.0. The Balaban J connectivity index is 1.65. The lowest BCUT2D eigenvalue weighted by atomic mass is 10.3. The van der Waals surface area contributed by atoms with Gasteiger partial charge in [0, 0.05) is 50.2 Å². The lowest BCUT2D eigenvalue weighted by molar-refractivity contribution is -0.143. The predicted octanol–water partition coefficient (Wildman–Crippen LogP) is 2.19. The highest BCUT2D eigenvalue weighted by atomic mass is 32.1. The molecule has 1 saturated heterocycles. The third kappa shape index (κ3) is 6.64. The number of aromatic nitrogens is 1. The number of aliphatic imine (C=N–C) groups is 1. The molecule has 1 fully saturated rings. The van der Waals surface area contributed by atoms with Gasteiger partial charge >= 0.3 is 6.18 Å². The number of likely N-dealkylation sites (tertiary alicyclic amines) is 1. The first kappa shape index (κ1) is 19.0. The van der Waals surface area contributed by atoms with Crippen LogP contribution in [0.5, 0.6) is 0 Å². The van der Waals surface area contributed by atoms with E-state index in [-0.39, 0.29) is 6.04 Å². The quantitative estimate of drug-likeness (QED) is 0.462. The summed E-state index contributed by atoms with van der Waals surface area (Å²) >= 11 is 1.66. The fraction of sp³-hybridized carbons (Fsp3) is 0.733. The number of aryl methyl sites for hydroxylation is 2. The lowest BCUT2D eigenvalue weighted by Crippen LogP contribution is -2.45. The van der Waals surface area contributed by atoms with E-state index in [4.69, 9.17) is 0 Å². The van der Waals surface area contributed by atoms with E-state index in [2.05, 4.69) is 20.6 Å². The fourth-order valence-electron chi connectivity index (χ4n) is 2.70. The van der Waals surface area contributed by atoms with Gasteiger partial charge in [0.2, 0.25) is 0 Å². The first-order chi connectivity index (χ1) is 11.4. The van der Waals surface area contributed by atoms with E-state index >= 15 is 0 Å². The molecule has 1 unspecified atom stereocenters. The van der Waals surface area contributed by atoms with Crippen molar-refractivity contribution in [3.63, 3.8) is 0 Å². The number of nitrogens with zero attached hydrogens (tertiary/aromatic N) is 3. The van der Waals surface area contributed by atoms with Gasteiger partial charge in [-0.25, -0.2) is 4.98 Å². The molecular weight excluding hydrogens is 339 g/mol. The van der Waals surface area contributed by atoms with Crippen molar-refractivity contribution in [3.8, 4) is 0 Å². The molecule has 2 rings (SSSR count). The van der Waals surface area contributed by atoms with Crippen LogP contribution in [-0.2, 0) is 6.42 Å². The van der Waals surface area contributed by atoms with E-state index in [1.54, 1.807) is 18.4 Å². The second-order valence-corrected chi connectivity index (χ2v) is 6.91. The molecule has 136 valence electrons. The Morgan fingerprint density at radius 2 is 2.29 bits per heavy atom. The molecule has 1 aromatic rings. The van der Waals surface area contributed by atoms with Gasteiger partial charge < -0.3 is 10.6 Å². The number of nitrogens with one attached hydrogen (secondary N) is 2. The Bertz CT molecular complexity index is 543. The van der Waals surface area contributed by atoms with Crippen LogP contribution in [-0.4, -0.2) is 61.3 Å². The second-order valence-electron chi connectivity index (χ2n) is 5.97. The largest absolute Gasteiger partial charge is 0.401 e. The third-order valence-electron chi connectivity index (χ3n) is 3.77. The van der Waals surface area contributed by atoms with Crippen LogP contribution in [0.25, 0.3) is 0 Å². The molecule has 2 heterocycles. The van der Waals surface area contributed by atoms with E-state index in [1.165, 1.54) is 4.90 Å². The first-order valence-electron chi connectivity index (χ1n) is 8.03. The minimum Gasteiger partial charge on any atom is -0.356 e. The van der Waals surface area contributed by atoms with Crippen molar-refractivity contribution in [3.05, 3.63) is 16.1 Å². The Morgan fingerprint density at radius 3 is 2.92 bits per heavy atom. The minimum absolute atomic E-state index is 0.000150. The standard InChI is InChI=1S/C15H24F3N5S/c1-11-9-24-13(21-11)4-3-6-20-14(19-2)22-12-5-7-23(8-12)10-15(16,17)18/h9,12H,3-8,10H2,1-2H3,(H2,19,20,22). The van der Waals surface area contributed by atoms with Gasteiger partial charge in [-0.1, -0.05) is 0 Å². The van der Waals surface area contributed by atoms with Crippen molar-refractivity contribution in [1.29, 1.82) is 0 Å². The van der Waals surface area contributed by atoms with Crippen LogP contribution in [0.3, 0.4) is 0 Å². The third-order valence-corrected chi connectivity index (χ3v) is 4.79. The van der Waals surface area contributed by atoms with Crippen LogP contribution in [0.15, 0.2) is 10.4 Å². The van der Waals surface area contributed by atoms with Crippen LogP contribution in [0.4, 0.5) is 13.2 Å². The van der Waals surface area contributed by atoms with Gasteiger partial charge in [0.05, 0.1) is 11.6 Å². The molecule has 0 saturated carbocycles. The molecule has 0 bridgehead atoms. The number of hydrogen-bond donors (Lipinski definition) is 2. The molecule has 0 radical (unpaired) electrons. The van der Waals surface area contributed by atoms with Crippen molar-refractivity contribution in [2.24, 2.45) is 4.99 Å². The summed E-state index contributed by atoms with van der Waals surface area (Å²) in [6.07, 6.45) is -1.61. The van der Waals surface area contributed by atoms with Crippen LogP contribution >= 0.6 is 11.3 Å². The topological polar surface area (TPSA) is 52.6 Å². The van der Waals surface area contributed by atoms with Gasteiger partial charge in [-0.3, -0.25) is 9.89 Å². The second kappa shape index (κ2) is 8.66. The SMILES string of the molecule is CN=C(NCCCc1nc(C)cs1)NC1CCN(CC(F)(F)F)C1. The van der Waals surface area contributed by atoms with E-state index in [9.17, 15) is 13.2 Å². The molecule has 5 nitrogen and oxygen atoms in total.